The van der Waals surface area contributed by atoms with Crippen molar-refractivity contribution in [1.29, 1.82) is 0 Å². The summed E-state index contributed by atoms with van der Waals surface area (Å²) in [7, 11) is 0. The van der Waals surface area contributed by atoms with Gasteiger partial charge in [-0.3, -0.25) is 0 Å². The van der Waals surface area contributed by atoms with Crippen LogP contribution in [0, 0.1) is 0 Å². The molecular formula is C10H15N5OS. The molecule has 0 bridgehead atoms. The molecule has 1 fully saturated rings. The van der Waals surface area contributed by atoms with E-state index in [1.807, 2.05) is 11.8 Å². The van der Waals surface area contributed by atoms with E-state index in [2.05, 4.69) is 20.3 Å². The van der Waals surface area contributed by atoms with Gasteiger partial charge in [0.1, 0.15) is 5.82 Å². The second kappa shape index (κ2) is 4.67. The van der Waals surface area contributed by atoms with E-state index < -0.39 is 0 Å². The summed E-state index contributed by atoms with van der Waals surface area (Å²) in [6, 6.07) is 0. The Balaban J connectivity index is 1.94. The van der Waals surface area contributed by atoms with Gasteiger partial charge in [-0.15, -0.1) is 0 Å². The highest BCUT2D eigenvalue weighted by Gasteiger charge is 2.22. The predicted molar refractivity (Wildman–Crippen MR) is 67.9 cm³/mol. The number of ether oxygens (including phenoxy) is 1. The Morgan fingerprint density at radius 1 is 1.24 bits per heavy atom. The minimum absolute atomic E-state index is 0.737. The SMILES string of the molecule is NNc1nc(N2CCOCC2)nc2c1CSC2. The smallest absolute Gasteiger partial charge is 0.227 e. The highest BCUT2D eigenvalue weighted by molar-refractivity contribution is 7.98. The lowest BCUT2D eigenvalue weighted by Crippen LogP contribution is -2.37. The highest BCUT2D eigenvalue weighted by atomic mass is 32.2. The van der Waals surface area contributed by atoms with E-state index in [9.17, 15) is 0 Å². The number of rotatable bonds is 2. The molecule has 1 saturated heterocycles. The number of thioether (sulfide) groups is 1. The van der Waals surface area contributed by atoms with Crippen molar-refractivity contribution in [1.82, 2.24) is 9.97 Å². The zero-order chi connectivity index (χ0) is 11.7. The molecule has 0 unspecified atom stereocenters. The fraction of sp³-hybridized carbons (Fsp3) is 0.600. The van der Waals surface area contributed by atoms with Crippen LogP contribution >= 0.6 is 11.8 Å². The summed E-state index contributed by atoms with van der Waals surface area (Å²) < 4.78 is 5.33. The number of fused-ring (bicyclic) bond motifs is 1. The van der Waals surface area contributed by atoms with E-state index in [0.29, 0.717) is 0 Å². The van der Waals surface area contributed by atoms with Gasteiger partial charge >= 0.3 is 0 Å². The van der Waals surface area contributed by atoms with Gasteiger partial charge in [-0.25, -0.2) is 10.8 Å². The maximum Gasteiger partial charge on any atom is 0.227 e. The van der Waals surface area contributed by atoms with E-state index >= 15 is 0 Å². The Bertz CT molecular complexity index is 421. The third-order valence-electron chi connectivity index (χ3n) is 3.00. The van der Waals surface area contributed by atoms with Crippen LogP contribution in [0.3, 0.4) is 0 Å². The minimum Gasteiger partial charge on any atom is -0.378 e. The molecule has 1 aromatic rings. The lowest BCUT2D eigenvalue weighted by atomic mass is 10.2. The molecule has 3 N–H and O–H groups in total. The summed E-state index contributed by atoms with van der Waals surface area (Å²) in [5, 5.41) is 0. The van der Waals surface area contributed by atoms with E-state index in [1.165, 1.54) is 0 Å². The van der Waals surface area contributed by atoms with Gasteiger partial charge in [0.2, 0.25) is 5.95 Å². The average Bonchev–Trinajstić information content (AvgIpc) is 2.86. The van der Waals surface area contributed by atoms with Crippen LogP contribution in [0.5, 0.6) is 0 Å². The van der Waals surface area contributed by atoms with Crippen LogP contribution in [0.2, 0.25) is 0 Å². The second-order valence-electron chi connectivity index (χ2n) is 4.03. The molecule has 3 heterocycles. The van der Waals surface area contributed by atoms with Gasteiger partial charge in [-0.1, -0.05) is 0 Å². The van der Waals surface area contributed by atoms with Crippen molar-refractivity contribution in [3.05, 3.63) is 11.3 Å². The molecular weight excluding hydrogens is 238 g/mol. The van der Waals surface area contributed by atoms with Crippen LogP contribution < -0.4 is 16.2 Å². The molecule has 7 heteroatoms. The molecule has 92 valence electrons. The van der Waals surface area contributed by atoms with Crippen molar-refractivity contribution < 1.29 is 4.74 Å². The summed E-state index contributed by atoms with van der Waals surface area (Å²) >= 11 is 1.85. The van der Waals surface area contributed by atoms with Gasteiger partial charge in [-0.05, 0) is 0 Å². The predicted octanol–water partition coefficient (Wildman–Crippen LogP) is 0.346. The maximum absolute atomic E-state index is 5.53. The molecule has 0 spiro atoms. The Kier molecular flexibility index (Phi) is 3.04. The zero-order valence-corrected chi connectivity index (χ0v) is 10.3. The van der Waals surface area contributed by atoms with E-state index in [0.717, 1.165) is 60.8 Å². The Hall–Kier alpha value is -1.05. The maximum atomic E-state index is 5.53. The van der Waals surface area contributed by atoms with Crippen molar-refractivity contribution in [3.63, 3.8) is 0 Å². The summed E-state index contributed by atoms with van der Waals surface area (Å²) in [6.07, 6.45) is 0. The molecule has 0 amide bonds. The standard InChI is InChI=1S/C10H15N5OS/c11-14-9-7-5-17-6-8(7)12-10(13-9)15-1-3-16-4-2-15/h1-6,11H2,(H,12,13,14). The number of hydrogen-bond acceptors (Lipinski definition) is 7. The normalized spacial score (nSPS) is 19.2. The number of aromatic nitrogens is 2. The topological polar surface area (TPSA) is 76.3 Å². The van der Waals surface area contributed by atoms with Gasteiger partial charge in [0.25, 0.3) is 0 Å². The number of morpholine rings is 1. The first-order valence-electron chi connectivity index (χ1n) is 5.65. The molecule has 2 aliphatic heterocycles. The van der Waals surface area contributed by atoms with Gasteiger partial charge in [0.15, 0.2) is 0 Å². The van der Waals surface area contributed by atoms with Crippen LogP contribution in [0.4, 0.5) is 11.8 Å². The quantitative estimate of drug-likeness (QED) is 0.581. The Labute approximate surface area is 104 Å². The fourth-order valence-electron chi connectivity index (χ4n) is 2.06. The number of nitrogen functional groups attached to an aromatic ring is 1. The fourth-order valence-corrected chi connectivity index (χ4v) is 3.10. The number of nitrogens with zero attached hydrogens (tertiary/aromatic N) is 3. The average molecular weight is 253 g/mol. The largest absolute Gasteiger partial charge is 0.378 e. The van der Waals surface area contributed by atoms with Crippen molar-refractivity contribution >= 4 is 23.5 Å². The van der Waals surface area contributed by atoms with E-state index in [1.54, 1.807) is 0 Å². The summed E-state index contributed by atoms with van der Waals surface area (Å²) in [4.78, 5) is 11.3. The molecule has 0 atom stereocenters. The molecule has 17 heavy (non-hydrogen) atoms. The highest BCUT2D eigenvalue weighted by Crippen LogP contribution is 2.33. The first kappa shape index (κ1) is 11.1. The number of hydrazine groups is 1. The van der Waals surface area contributed by atoms with Crippen molar-refractivity contribution in [2.24, 2.45) is 5.84 Å². The van der Waals surface area contributed by atoms with Crippen LogP contribution in [-0.2, 0) is 16.2 Å². The Morgan fingerprint density at radius 3 is 2.82 bits per heavy atom. The lowest BCUT2D eigenvalue weighted by Gasteiger charge is -2.27. The first-order valence-corrected chi connectivity index (χ1v) is 6.81. The lowest BCUT2D eigenvalue weighted by molar-refractivity contribution is 0.122. The van der Waals surface area contributed by atoms with Gasteiger partial charge in [-0.2, -0.15) is 16.7 Å². The third-order valence-corrected chi connectivity index (χ3v) is 3.97. The van der Waals surface area contributed by atoms with Crippen LogP contribution in [0.1, 0.15) is 11.3 Å². The molecule has 0 radical (unpaired) electrons. The second-order valence-corrected chi connectivity index (χ2v) is 5.02. The van der Waals surface area contributed by atoms with Gasteiger partial charge < -0.3 is 15.1 Å². The zero-order valence-electron chi connectivity index (χ0n) is 9.48. The molecule has 2 aliphatic rings. The van der Waals surface area contributed by atoms with Crippen LogP contribution in [0.15, 0.2) is 0 Å². The number of anilines is 2. The van der Waals surface area contributed by atoms with E-state index in [-0.39, 0.29) is 0 Å². The Morgan fingerprint density at radius 2 is 2.06 bits per heavy atom. The number of nitrogens with two attached hydrogens (primary N) is 1. The molecule has 1 aromatic heterocycles. The summed E-state index contributed by atoms with van der Waals surface area (Å²) in [5.74, 6) is 8.95. The molecule has 3 rings (SSSR count). The number of hydrogen-bond donors (Lipinski definition) is 2. The van der Waals surface area contributed by atoms with Gasteiger partial charge in [0.05, 0.1) is 18.9 Å². The molecule has 6 nitrogen and oxygen atoms in total. The third kappa shape index (κ3) is 2.05. The van der Waals surface area contributed by atoms with Crippen LogP contribution in [-0.4, -0.2) is 36.3 Å². The van der Waals surface area contributed by atoms with Crippen molar-refractivity contribution in [2.45, 2.75) is 11.5 Å². The van der Waals surface area contributed by atoms with Crippen molar-refractivity contribution in [3.8, 4) is 0 Å². The first-order chi connectivity index (χ1) is 8.38. The summed E-state index contributed by atoms with van der Waals surface area (Å²) in [6.45, 7) is 3.16. The van der Waals surface area contributed by atoms with Crippen molar-refractivity contribution in [2.75, 3.05) is 36.6 Å². The molecule has 0 aliphatic carbocycles. The number of nitrogens with one attached hydrogen (secondary N) is 1. The van der Waals surface area contributed by atoms with Crippen LogP contribution in [0.25, 0.3) is 0 Å². The van der Waals surface area contributed by atoms with Gasteiger partial charge in [0, 0.05) is 30.2 Å². The molecule has 0 aromatic carbocycles. The van der Waals surface area contributed by atoms with E-state index in [4.69, 9.17) is 10.6 Å². The summed E-state index contributed by atoms with van der Waals surface area (Å²) in [5.41, 5.74) is 4.94. The molecule has 0 saturated carbocycles. The monoisotopic (exact) mass is 253 g/mol. The minimum atomic E-state index is 0.737.